The molecule has 0 bridgehead atoms. The number of aromatic nitrogens is 3. The molecule has 2 aromatic heterocycles. The number of aliphatic carboxylic acids is 1. The Morgan fingerprint density at radius 3 is 2.84 bits per heavy atom. The van der Waals surface area contributed by atoms with Crippen molar-refractivity contribution in [2.24, 2.45) is 11.8 Å². The van der Waals surface area contributed by atoms with Crippen LogP contribution in [0, 0.1) is 18.8 Å². The summed E-state index contributed by atoms with van der Waals surface area (Å²) in [5, 5.41) is 16.5. The monoisotopic (exact) mass is 262 g/mol. The second-order valence-electron chi connectivity index (χ2n) is 5.02. The third-order valence-electron chi connectivity index (χ3n) is 3.15. The molecule has 0 aliphatic rings. The molecule has 0 spiro atoms. The van der Waals surface area contributed by atoms with Gasteiger partial charge in [0.25, 0.3) is 0 Å². The van der Waals surface area contributed by atoms with E-state index in [1.165, 1.54) is 6.33 Å². The Kier molecular flexibility index (Phi) is 3.69. The predicted molar refractivity (Wildman–Crippen MR) is 72.2 cm³/mol. The molecule has 0 saturated heterocycles. The summed E-state index contributed by atoms with van der Waals surface area (Å²) in [6.07, 6.45) is 1.48. The summed E-state index contributed by atoms with van der Waals surface area (Å²) < 4.78 is 1.67. The average molecular weight is 262 g/mol. The van der Waals surface area contributed by atoms with E-state index in [-0.39, 0.29) is 5.92 Å². The summed E-state index contributed by atoms with van der Waals surface area (Å²) in [4.78, 5) is 15.3. The molecule has 6 nitrogen and oxygen atoms in total. The van der Waals surface area contributed by atoms with Crippen LogP contribution in [-0.2, 0) is 4.79 Å². The number of aryl methyl sites for hydroxylation is 1. The molecule has 0 aromatic carbocycles. The van der Waals surface area contributed by atoms with Crippen LogP contribution in [0.25, 0.3) is 5.65 Å². The number of anilines is 1. The lowest BCUT2D eigenvalue weighted by atomic mass is 9.96. The van der Waals surface area contributed by atoms with Crippen molar-refractivity contribution in [3.8, 4) is 0 Å². The standard InChI is InChI=1S/C13H18N4O2/c1-8(2)10(13(18)19)6-14-11-4-9(3)5-12-15-7-16-17(11)12/h4-5,7-8,10,14H,6H2,1-3H3,(H,18,19). The molecule has 0 aliphatic heterocycles. The van der Waals surface area contributed by atoms with Crippen molar-refractivity contribution in [3.05, 3.63) is 24.0 Å². The van der Waals surface area contributed by atoms with Crippen LogP contribution in [0.1, 0.15) is 19.4 Å². The molecule has 102 valence electrons. The van der Waals surface area contributed by atoms with Gasteiger partial charge in [-0.3, -0.25) is 4.79 Å². The van der Waals surface area contributed by atoms with Gasteiger partial charge in [-0.15, -0.1) is 0 Å². The molecule has 0 fully saturated rings. The average Bonchev–Trinajstić information content (AvgIpc) is 2.75. The lowest BCUT2D eigenvalue weighted by molar-refractivity contribution is -0.142. The summed E-state index contributed by atoms with van der Waals surface area (Å²) >= 11 is 0. The van der Waals surface area contributed by atoms with Gasteiger partial charge in [0.15, 0.2) is 5.65 Å². The number of nitrogens with one attached hydrogen (secondary N) is 1. The minimum absolute atomic E-state index is 0.0704. The maximum absolute atomic E-state index is 11.2. The number of fused-ring (bicyclic) bond motifs is 1. The molecule has 0 radical (unpaired) electrons. The third-order valence-corrected chi connectivity index (χ3v) is 3.15. The number of carboxylic acid groups (broad SMARTS) is 1. The molecular weight excluding hydrogens is 244 g/mol. The number of pyridine rings is 1. The number of hydrogen-bond acceptors (Lipinski definition) is 4. The van der Waals surface area contributed by atoms with Crippen molar-refractivity contribution in [1.29, 1.82) is 0 Å². The van der Waals surface area contributed by atoms with Crippen LogP contribution in [0.15, 0.2) is 18.5 Å². The smallest absolute Gasteiger partial charge is 0.308 e. The topological polar surface area (TPSA) is 79.5 Å². The highest BCUT2D eigenvalue weighted by Crippen LogP contribution is 2.16. The van der Waals surface area contributed by atoms with Gasteiger partial charge in [0, 0.05) is 6.54 Å². The number of nitrogens with zero attached hydrogens (tertiary/aromatic N) is 3. The number of carbonyl (C=O) groups is 1. The highest BCUT2D eigenvalue weighted by Gasteiger charge is 2.21. The summed E-state index contributed by atoms with van der Waals surface area (Å²) in [7, 11) is 0. The van der Waals surface area contributed by atoms with E-state index >= 15 is 0 Å². The van der Waals surface area contributed by atoms with Crippen LogP contribution in [-0.4, -0.2) is 32.2 Å². The summed E-state index contributed by atoms with van der Waals surface area (Å²) in [6.45, 7) is 6.14. The minimum Gasteiger partial charge on any atom is -0.481 e. The van der Waals surface area contributed by atoms with Crippen molar-refractivity contribution in [2.75, 3.05) is 11.9 Å². The first-order valence-corrected chi connectivity index (χ1v) is 6.26. The number of rotatable bonds is 5. The van der Waals surface area contributed by atoms with E-state index in [2.05, 4.69) is 15.4 Å². The lowest BCUT2D eigenvalue weighted by Gasteiger charge is -2.18. The lowest BCUT2D eigenvalue weighted by Crippen LogP contribution is -2.28. The highest BCUT2D eigenvalue weighted by molar-refractivity contribution is 5.71. The van der Waals surface area contributed by atoms with Crippen LogP contribution in [0.4, 0.5) is 5.82 Å². The van der Waals surface area contributed by atoms with Crippen molar-refractivity contribution in [3.63, 3.8) is 0 Å². The van der Waals surface area contributed by atoms with Crippen LogP contribution >= 0.6 is 0 Å². The summed E-state index contributed by atoms with van der Waals surface area (Å²) in [5.74, 6) is -0.385. The number of carboxylic acids is 1. The van der Waals surface area contributed by atoms with Gasteiger partial charge in [0.05, 0.1) is 5.92 Å². The zero-order valence-corrected chi connectivity index (χ0v) is 11.3. The Hall–Kier alpha value is -2.11. The second kappa shape index (κ2) is 5.26. The first-order valence-electron chi connectivity index (χ1n) is 6.26. The van der Waals surface area contributed by atoms with E-state index in [1.54, 1.807) is 4.52 Å². The minimum atomic E-state index is -0.787. The highest BCUT2D eigenvalue weighted by atomic mass is 16.4. The Bertz CT molecular complexity index is 591. The van der Waals surface area contributed by atoms with Gasteiger partial charge in [0.2, 0.25) is 0 Å². The first-order chi connectivity index (χ1) is 8.99. The maximum atomic E-state index is 11.2. The second-order valence-corrected chi connectivity index (χ2v) is 5.02. The van der Waals surface area contributed by atoms with Crippen molar-refractivity contribution >= 4 is 17.4 Å². The van der Waals surface area contributed by atoms with Crippen molar-refractivity contribution < 1.29 is 9.90 Å². The number of hydrogen-bond donors (Lipinski definition) is 2. The molecule has 6 heteroatoms. The van der Waals surface area contributed by atoms with Crippen LogP contribution in [0.2, 0.25) is 0 Å². The van der Waals surface area contributed by atoms with Gasteiger partial charge in [0.1, 0.15) is 12.1 Å². The van der Waals surface area contributed by atoms with E-state index in [9.17, 15) is 9.90 Å². The molecule has 0 amide bonds. The van der Waals surface area contributed by atoms with Gasteiger partial charge in [-0.25, -0.2) is 4.98 Å². The molecule has 2 heterocycles. The first kappa shape index (κ1) is 13.3. The summed E-state index contributed by atoms with van der Waals surface area (Å²) in [5.41, 5.74) is 1.80. The van der Waals surface area contributed by atoms with Crippen LogP contribution in [0.5, 0.6) is 0 Å². The van der Waals surface area contributed by atoms with Gasteiger partial charge in [-0.05, 0) is 30.5 Å². The quantitative estimate of drug-likeness (QED) is 0.859. The van der Waals surface area contributed by atoms with Gasteiger partial charge >= 0.3 is 5.97 Å². The van der Waals surface area contributed by atoms with Gasteiger partial charge in [-0.2, -0.15) is 9.61 Å². The van der Waals surface area contributed by atoms with E-state index in [1.807, 2.05) is 32.9 Å². The molecule has 1 unspecified atom stereocenters. The van der Waals surface area contributed by atoms with E-state index < -0.39 is 11.9 Å². The fourth-order valence-electron chi connectivity index (χ4n) is 2.01. The van der Waals surface area contributed by atoms with Gasteiger partial charge < -0.3 is 10.4 Å². The molecular formula is C13H18N4O2. The molecule has 19 heavy (non-hydrogen) atoms. The Balaban J connectivity index is 2.21. The normalized spacial score (nSPS) is 12.8. The van der Waals surface area contributed by atoms with Crippen LogP contribution < -0.4 is 5.32 Å². The van der Waals surface area contributed by atoms with E-state index in [0.29, 0.717) is 6.54 Å². The Morgan fingerprint density at radius 1 is 1.47 bits per heavy atom. The van der Waals surface area contributed by atoms with Crippen molar-refractivity contribution in [1.82, 2.24) is 14.6 Å². The maximum Gasteiger partial charge on any atom is 0.308 e. The van der Waals surface area contributed by atoms with Gasteiger partial charge in [-0.1, -0.05) is 13.8 Å². The van der Waals surface area contributed by atoms with Crippen molar-refractivity contribution in [2.45, 2.75) is 20.8 Å². The Labute approximate surface area is 111 Å². The zero-order valence-electron chi connectivity index (χ0n) is 11.3. The fourth-order valence-corrected chi connectivity index (χ4v) is 2.01. The zero-order chi connectivity index (χ0) is 14.0. The molecule has 0 saturated carbocycles. The molecule has 2 rings (SSSR count). The third kappa shape index (κ3) is 2.83. The van der Waals surface area contributed by atoms with E-state index in [0.717, 1.165) is 17.0 Å². The Morgan fingerprint density at radius 2 is 2.21 bits per heavy atom. The molecule has 2 N–H and O–H groups in total. The predicted octanol–water partition coefficient (Wildman–Crippen LogP) is 1.81. The molecule has 2 aromatic rings. The summed E-state index contributed by atoms with van der Waals surface area (Å²) in [6, 6.07) is 3.86. The molecule has 0 aliphatic carbocycles. The van der Waals surface area contributed by atoms with E-state index in [4.69, 9.17) is 0 Å². The molecule has 1 atom stereocenters. The largest absolute Gasteiger partial charge is 0.481 e. The van der Waals surface area contributed by atoms with Crippen LogP contribution in [0.3, 0.4) is 0 Å². The fraction of sp³-hybridized carbons (Fsp3) is 0.462. The SMILES string of the molecule is Cc1cc(NCC(C(=O)O)C(C)C)n2ncnc2c1.